The van der Waals surface area contributed by atoms with Crippen molar-refractivity contribution in [3.8, 4) is 22.7 Å². The molecule has 0 unspecified atom stereocenters. The maximum atomic E-state index is 5.96. The number of nitrogens with zero attached hydrogens (tertiary/aromatic N) is 3. The summed E-state index contributed by atoms with van der Waals surface area (Å²) in [6.45, 7) is 0. The zero-order chi connectivity index (χ0) is 13.9. The Labute approximate surface area is 116 Å². The highest BCUT2D eigenvalue weighted by molar-refractivity contribution is 5.64. The van der Waals surface area contributed by atoms with Gasteiger partial charge >= 0.3 is 0 Å². The van der Waals surface area contributed by atoms with Crippen LogP contribution in [0.1, 0.15) is 0 Å². The fourth-order valence-electron chi connectivity index (χ4n) is 2.11. The van der Waals surface area contributed by atoms with Crippen molar-refractivity contribution in [2.75, 3.05) is 12.8 Å². The Hall–Kier alpha value is -2.82. The molecule has 0 aliphatic heterocycles. The van der Waals surface area contributed by atoms with E-state index in [2.05, 4.69) is 9.97 Å². The molecule has 20 heavy (non-hydrogen) atoms. The van der Waals surface area contributed by atoms with Gasteiger partial charge in [0.05, 0.1) is 31.0 Å². The Balaban J connectivity index is 2.08. The van der Waals surface area contributed by atoms with Crippen LogP contribution in [0.5, 0.6) is 5.75 Å². The van der Waals surface area contributed by atoms with Gasteiger partial charge in [-0.1, -0.05) is 0 Å². The van der Waals surface area contributed by atoms with Gasteiger partial charge in [-0.3, -0.25) is 9.55 Å². The summed E-state index contributed by atoms with van der Waals surface area (Å²) in [4.78, 5) is 8.25. The molecule has 0 bridgehead atoms. The first-order valence-electron chi connectivity index (χ1n) is 6.16. The summed E-state index contributed by atoms with van der Waals surface area (Å²) in [5.41, 5.74) is 9.52. The minimum Gasteiger partial charge on any atom is -0.495 e. The third kappa shape index (κ3) is 2.09. The highest BCUT2D eigenvalue weighted by Crippen LogP contribution is 2.27. The molecule has 0 fully saturated rings. The van der Waals surface area contributed by atoms with E-state index in [-0.39, 0.29) is 0 Å². The average Bonchev–Trinajstić information content (AvgIpc) is 2.97. The van der Waals surface area contributed by atoms with Crippen LogP contribution in [0.4, 0.5) is 5.69 Å². The molecule has 1 aromatic carbocycles. The standard InChI is InChI=1S/C15H14N4O/c1-20-15-3-2-12(8-13(15)16)19-10-18-9-14(19)11-4-6-17-7-5-11/h2-10H,16H2,1H3. The number of anilines is 1. The van der Waals surface area contributed by atoms with E-state index in [4.69, 9.17) is 10.5 Å². The molecule has 0 atom stereocenters. The molecule has 2 N–H and O–H groups in total. The number of hydrogen-bond acceptors (Lipinski definition) is 4. The van der Waals surface area contributed by atoms with Gasteiger partial charge < -0.3 is 10.5 Å². The fraction of sp³-hybridized carbons (Fsp3) is 0.0667. The lowest BCUT2D eigenvalue weighted by Gasteiger charge is -2.11. The number of pyridine rings is 1. The third-order valence-corrected chi connectivity index (χ3v) is 3.11. The van der Waals surface area contributed by atoms with Gasteiger partial charge in [-0.05, 0) is 30.3 Å². The van der Waals surface area contributed by atoms with E-state index in [1.165, 1.54) is 0 Å². The Kier molecular flexibility index (Phi) is 3.09. The van der Waals surface area contributed by atoms with Crippen molar-refractivity contribution < 1.29 is 4.74 Å². The largest absolute Gasteiger partial charge is 0.495 e. The molecule has 5 nitrogen and oxygen atoms in total. The number of hydrogen-bond donors (Lipinski definition) is 1. The summed E-state index contributed by atoms with van der Waals surface area (Å²) in [5.74, 6) is 0.666. The Morgan fingerprint density at radius 1 is 1.10 bits per heavy atom. The summed E-state index contributed by atoms with van der Waals surface area (Å²) in [6.07, 6.45) is 7.09. The predicted molar refractivity (Wildman–Crippen MR) is 77.8 cm³/mol. The van der Waals surface area contributed by atoms with Crippen molar-refractivity contribution in [3.63, 3.8) is 0 Å². The lowest BCUT2D eigenvalue weighted by atomic mass is 10.2. The molecular weight excluding hydrogens is 252 g/mol. The second kappa shape index (κ2) is 5.05. The molecule has 3 rings (SSSR count). The molecule has 0 saturated heterocycles. The first-order chi connectivity index (χ1) is 9.79. The smallest absolute Gasteiger partial charge is 0.141 e. The second-order valence-electron chi connectivity index (χ2n) is 4.31. The van der Waals surface area contributed by atoms with Crippen molar-refractivity contribution in [1.82, 2.24) is 14.5 Å². The predicted octanol–water partition coefficient (Wildman–Crippen LogP) is 2.53. The van der Waals surface area contributed by atoms with E-state index in [1.54, 1.807) is 25.8 Å². The number of aromatic nitrogens is 3. The van der Waals surface area contributed by atoms with Crippen molar-refractivity contribution >= 4 is 5.69 Å². The summed E-state index contributed by atoms with van der Waals surface area (Å²) in [6, 6.07) is 9.55. The topological polar surface area (TPSA) is 66.0 Å². The number of benzene rings is 1. The number of nitrogens with two attached hydrogens (primary N) is 1. The van der Waals surface area contributed by atoms with Crippen LogP contribution >= 0.6 is 0 Å². The third-order valence-electron chi connectivity index (χ3n) is 3.11. The van der Waals surface area contributed by atoms with Crippen LogP contribution in [0.3, 0.4) is 0 Å². The van der Waals surface area contributed by atoms with Crippen LogP contribution in [0, 0.1) is 0 Å². The maximum absolute atomic E-state index is 5.96. The Morgan fingerprint density at radius 3 is 2.60 bits per heavy atom. The van der Waals surface area contributed by atoms with E-state index < -0.39 is 0 Å². The average molecular weight is 266 g/mol. The second-order valence-corrected chi connectivity index (χ2v) is 4.31. The molecule has 3 aromatic rings. The first-order valence-corrected chi connectivity index (χ1v) is 6.16. The van der Waals surface area contributed by atoms with Gasteiger partial charge in [0.25, 0.3) is 0 Å². The molecule has 0 saturated carbocycles. The Morgan fingerprint density at radius 2 is 1.90 bits per heavy atom. The van der Waals surface area contributed by atoms with Gasteiger partial charge in [0, 0.05) is 23.6 Å². The minimum atomic E-state index is 0.597. The van der Waals surface area contributed by atoms with Crippen LogP contribution in [0.15, 0.2) is 55.2 Å². The van der Waals surface area contributed by atoms with Gasteiger partial charge in [0.2, 0.25) is 0 Å². The summed E-state index contributed by atoms with van der Waals surface area (Å²) in [5, 5.41) is 0. The molecular formula is C15H14N4O. The molecule has 0 radical (unpaired) electrons. The lowest BCUT2D eigenvalue weighted by molar-refractivity contribution is 0.417. The van der Waals surface area contributed by atoms with Gasteiger partial charge in [0.1, 0.15) is 5.75 Å². The zero-order valence-corrected chi connectivity index (χ0v) is 11.0. The van der Waals surface area contributed by atoms with Crippen molar-refractivity contribution in [2.45, 2.75) is 0 Å². The highest BCUT2D eigenvalue weighted by Gasteiger charge is 2.08. The van der Waals surface area contributed by atoms with Crippen LogP contribution in [-0.4, -0.2) is 21.6 Å². The molecule has 0 spiro atoms. The molecule has 0 aliphatic rings. The van der Waals surface area contributed by atoms with Crippen molar-refractivity contribution in [3.05, 3.63) is 55.2 Å². The minimum absolute atomic E-state index is 0.597. The number of ether oxygens (including phenoxy) is 1. The highest BCUT2D eigenvalue weighted by atomic mass is 16.5. The van der Waals surface area contributed by atoms with Gasteiger partial charge in [-0.2, -0.15) is 0 Å². The van der Waals surface area contributed by atoms with Crippen LogP contribution in [0.2, 0.25) is 0 Å². The van der Waals surface area contributed by atoms with E-state index in [1.807, 2.05) is 41.1 Å². The number of imidazole rings is 1. The maximum Gasteiger partial charge on any atom is 0.141 e. The molecule has 2 aromatic heterocycles. The summed E-state index contributed by atoms with van der Waals surface area (Å²) in [7, 11) is 1.60. The van der Waals surface area contributed by atoms with E-state index in [0.717, 1.165) is 16.9 Å². The summed E-state index contributed by atoms with van der Waals surface area (Å²) < 4.78 is 7.15. The zero-order valence-electron chi connectivity index (χ0n) is 11.0. The fourth-order valence-corrected chi connectivity index (χ4v) is 2.11. The molecule has 0 amide bonds. The van der Waals surface area contributed by atoms with Crippen molar-refractivity contribution in [1.29, 1.82) is 0 Å². The van der Waals surface area contributed by atoms with E-state index in [0.29, 0.717) is 11.4 Å². The molecule has 2 heterocycles. The van der Waals surface area contributed by atoms with E-state index >= 15 is 0 Å². The molecule has 100 valence electrons. The van der Waals surface area contributed by atoms with Gasteiger partial charge in [0.15, 0.2) is 0 Å². The SMILES string of the molecule is COc1ccc(-n2cncc2-c2ccncc2)cc1N. The summed E-state index contributed by atoms with van der Waals surface area (Å²) >= 11 is 0. The number of methoxy groups -OCH3 is 1. The van der Waals surface area contributed by atoms with Crippen LogP contribution in [-0.2, 0) is 0 Å². The van der Waals surface area contributed by atoms with Gasteiger partial charge in [-0.15, -0.1) is 0 Å². The van der Waals surface area contributed by atoms with E-state index in [9.17, 15) is 0 Å². The molecule has 5 heteroatoms. The van der Waals surface area contributed by atoms with Crippen LogP contribution < -0.4 is 10.5 Å². The Bertz CT molecular complexity index is 722. The number of rotatable bonds is 3. The first kappa shape index (κ1) is 12.2. The molecule has 0 aliphatic carbocycles. The van der Waals surface area contributed by atoms with Gasteiger partial charge in [-0.25, -0.2) is 4.98 Å². The normalized spacial score (nSPS) is 10.4. The number of nitrogen functional groups attached to an aromatic ring is 1. The monoisotopic (exact) mass is 266 g/mol. The quantitative estimate of drug-likeness (QED) is 0.740. The van der Waals surface area contributed by atoms with Crippen LogP contribution in [0.25, 0.3) is 16.9 Å². The van der Waals surface area contributed by atoms with Crippen molar-refractivity contribution in [2.24, 2.45) is 0 Å². The lowest BCUT2D eigenvalue weighted by Crippen LogP contribution is -1.98.